The number of ether oxygens (including phenoxy) is 1. The highest BCUT2D eigenvalue weighted by Gasteiger charge is 2.25. The molecule has 1 rings (SSSR count). The van der Waals surface area contributed by atoms with Crippen molar-refractivity contribution >= 4 is 6.09 Å². The monoisotopic (exact) mass is 257 g/mol. The molecule has 4 nitrogen and oxygen atoms in total. The summed E-state index contributed by atoms with van der Waals surface area (Å²) in [5, 5.41) is 12.3. The third-order valence-electron chi connectivity index (χ3n) is 3.24. The van der Waals surface area contributed by atoms with Crippen LogP contribution < -0.4 is 5.32 Å². The molecule has 0 saturated heterocycles. The summed E-state index contributed by atoms with van der Waals surface area (Å²) in [7, 11) is 0. The van der Waals surface area contributed by atoms with Crippen LogP contribution in [0.15, 0.2) is 0 Å². The lowest BCUT2D eigenvalue weighted by Gasteiger charge is -2.30. The molecule has 0 aliphatic heterocycles. The Kier molecular flexibility index (Phi) is 5.45. The Balaban J connectivity index is 2.25. The predicted octanol–water partition coefficient (Wildman–Crippen LogP) is 2.84. The van der Waals surface area contributed by atoms with Gasteiger partial charge in [-0.2, -0.15) is 0 Å². The first-order valence-corrected chi connectivity index (χ1v) is 6.94. The molecule has 0 aromatic carbocycles. The Morgan fingerprint density at radius 2 is 1.89 bits per heavy atom. The minimum absolute atomic E-state index is 0.217. The number of nitrogens with one attached hydrogen (secondary N) is 1. The number of rotatable bonds is 3. The molecule has 1 aliphatic rings. The number of hydrogen-bond donors (Lipinski definition) is 2. The Morgan fingerprint density at radius 1 is 1.33 bits per heavy atom. The van der Waals surface area contributed by atoms with Gasteiger partial charge in [-0.3, -0.25) is 0 Å². The van der Waals surface area contributed by atoms with Crippen molar-refractivity contribution in [1.29, 1.82) is 0 Å². The summed E-state index contributed by atoms with van der Waals surface area (Å²) in [6, 6.07) is 0.227. The highest BCUT2D eigenvalue weighted by atomic mass is 16.6. The zero-order chi connectivity index (χ0) is 13.8. The van der Waals surface area contributed by atoms with Gasteiger partial charge in [0.1, 0.15) is 5.60 Å². The van der Waals surface area contributed by atoms with Crippen molar-refractivity contribution in [2.45, 2.75) is 77.5 Å². The van der Waals surface area contributed by atoms with Gasteiger partial charge in [0, 0.05) is 6.04 Å². The van der Waals surface area contributed by atoms with E-state index in [1.54, 1.807) is 0 Å². The van der Waals surface area contributed by atoms with E-state index >= 15 is 0 Å². The van der Waals surface area contributed by atoms with Crippen LogP contribution >= 0.6 is 0 Å². The van der Waals surface area contributed by atoms with Gasteiger partial charge in [0.05, 0.1) is 6.10 Å². The van der Waals surface area contributed by atoms with Gasteiger partial charge in [-0.05, 0) is 65.7 Å². The van der Waals surface area contributed by atoms with Crippen LogP contribution in [0.25, 0.3) is 0 Å². The summed E-state index contributed by atoms with van der Waals surface area (Å²) in [4.78, 5) is 11.6. The van der Waals surface area contributed by atoms with E-state index in [-0.39, 0.29) is 18.2 Å². The number of aliphatic hydroxyl groups is 1. The quantitative estimate of drug-likeness (QED) is 0.817. The fourth-order valence-electron chi connectivity index (χ4n) is 2.50. The Labute approximate surface area is 110 Å². The lowest BCUT2D eigenvalue weighted by atomic mass is 9.83. The lowest BCUT2D eigenvalue weighted by molar-refractivity contribution is 0.0481. The third kappa shape index (κ3) is 6.24. The Hall–Kier alpha value is -0.770. The van der Waals surface area contributed by atoms with Crippen molar-refractivity contribution in [1.82, 2.24) is 5.32 Å². The summed E-state index contributed by atoms with van der Waals surface area (Å²) in [6.07, 6.45) is 4.45. The second-order valence-electron chi connectivity index (χ2n) is 6.45. The van der Waals surface area contributed by atoms with Crippen LogP contribution in [0.4, 0.5) is 4.79 Å². The van der Waals surface area contributed by atoms with Crippen LogP contribution in [0.5, 0.6) is 0 Å². The van der Waals surface area contributed by atoms with E-state index in [9.17, 15) is 9.90 Å². The Bertz CT molecular complexity index is 263. The molecular formula is C14H27NO3. The van der Waals surface area contributed by atoms with Gasteiger partial charge in [-0.1, -0.05) is 0 Å². The average molecular weight is 257 g/mol. The van der Waals surface area contributed by atoms with Gasteiger partial charge in [0.25, 0.3) is 0 Å². The molecule has 18 heavy (non-hydrogen) atoms. The molecule has 1 aliphatic carbocycles. The van der Waals surface area contributed by atoms with E-state index in [0.29, 0.717) is 5.92 Å². The molecule has 106 valence electrons. The molecule has 0 aromatic heterocycles. The first kappa shape index (κ1) is 15.3. The number of aliphatic hydroxyl groups excluding tert-OH is 1. The normalized spacial score (nSPS) is 26.5. The van der Waals surface area contributed by atoms with E-state index < -0.39 is 5.60 Å². The number of alkyl carbamates (subject to hydrolysis) is 1. The molecule has 1 atom stereocenters. The molecule has 0 heterocycles. The van der Waals surface area contributed by atoms with Crippen molar-refractivity contribution in [3.8, 4) is 0 Å². The zero-order valence-corrected chi connectivity index (χ0v) is 12.0. The van der Waals surface area contributed by atoms with Crippen LogP contribution in [-0.2, 0) is 4.74 Å². The molecule has 0 bridgehead atoms. The lowest BCUT2D eigenvalue weighted by Crippen LogP contribution is -2.41. The number of amides is 1. The Morgan fingerprint density at radius 3 is 2.33 bits per heavy atom. The van der Waals surface area contributed by atoms with Crippen molar-refractivity contribution < 1.29 is 14.6 Å². The minimum Gasteiger partial charge on any atom is -0.444 e. The molecule has 0 spiro atoms. The average Bonchev–Trinajstić information content (AvgIpc) is 2.17. The third-order valence-corrected chi connectivity index (χ3v) is 3.24. The minimum atomic E-state index is -0.437. The van der Waals surface area contributed by atoms with Crippen molar-refractivity contribution in [2.24, 2.45) is 5.92 Å². The molecule has 1 saturated carbocycles. The summed E-state index contributed by atoms with van der Waals surface area (Å²) >= 11 is 0. The summed E-state index contributed by atoms with van der Waals surface area (Å²) < 4.78 is 5.24. The van der Waals surface area contributed by atoms with E-state index in [1.807, 2.05) is 27.7 Å². The topological polar surface area (TPSA) is 58.6 Å². The van der Waals surface area contributed by atoms with Crippen LogP contribution in [0.3, 0.4) is 0 Å². The van der Waals surface area contributed by atoms with Crippen LogP contribution in [0.2, 0.25) is 0 Å². The smallest absolute Gasteiger partial charge is 0.407 e. The fraction of sp³-hybridized carbons (Fsp3) is 0.929. The first-order chi connectivity index (χ1) is 8.26. The van der Waals surface area contributed by atoms with Crippen LogP contribution in [0, 0.1) is 5.92 Å². The van der Waals surface area contributed by atoms with Crippen molar-refractivity contribution in [3.05, 3.63) is 0 Å². The van der Waals surface area contributed by atoms with E-state index in [1.165, 1.54) is 0 Å². The van der Waals surface area contributed by atoms with Gasteiger partial charge in [0.15, 0.2) is 0 Å². The van der Waals surface area contributed by atoms with Gasteiger partial charge in [0.2, 0.25) is 0 Å². The molecule has 1 amide bonds. The maximum absolute atomic E-state index is 11.6. The second kappa shape index (κ2) is 6.41. The number of carbonyl (C=O) groups excluding carboxylic acids is 1. The van der Waals surface area contributed by atoms with Gasteiger partial charge < -0.3 is 15.2 Å². The number of hydrogen-bond acceptors (Lipinski definition) is 3. The van der Waals surface area contributed by atoms with Crippen molar-refractivity contribution in [3.63, 3.8) is 0 Å². The maximum Gasteiger partial charge on any atom is 0.407 e. The molecule has 4 heteroatoms. The molecule has 0 radical (unpaired) electrons. The first-order valence-electron chi connectivity index (χ1n) is 6.94. The standard InChI is InChI=1S/C14H27NO3/c1-10(16)9-11-5-7-12(8-6-11)15-13(17)18-14(2,3)4/h10-12,16H,5-9H2,1-4H3,(H,15,17)/t10?,11-,12-. The van der Waals surface area contributed by atoms with Crippen molar-refractivity contribution in [2.75, 3.05) is 0 Å². The highest BCUT2D eigenvalue weighted by molar-refractivity contribution is 5.68. The second-order valence-corrected chi connectivity index (χ2v) is 6.45. The number of carbonyl (C=O) groups is 1. The van der Waals surface area contributed by atoms with Gasteiger partial charge in [-0.25, -0.2) is 4.79 Å². The van der Waals surface area contributed by atoms with Crippen LogP contribution in [-0.4, -0.2) is 28.9 Å². The van der Waals surface area contributed by atoms with Gasteiger partial charge >= 0.3 is 6.09 Å². The maximum atomic E-state index is 11.6. The predicted molar refractivity (Wildman–Crippen MR) is 71.4 cm³/mol. The highest BCUT2D eigenvalue weighted by Crippen LogP contribution is 2.28. The SMILES string of the molecule is CC(O)C[C@H]1CC[C@H](NC(=O)OC(C)(C)C)CC1. The molecule has 2 N–H and O–H groups in total. The molecule has 1 fully saturated rings. The van der Waals surface area contributed by atoms with E-state index in [4.69, 9.17) is 4.74 Å². The van der Waals surface area contributed by atoms with Gasteiger partial charge in [-0.15, -0.1) is 0 Å². The zero-order valence-electron chi connectivity index (χ0n) is 12.0. The largest absolute Gasteiger partial charge is 0.444 e. The fourth-order valence-corrected chi connectivity index (χ4v) is 2.50. The van der Waals surface area contributed by atoms with E-state index in [2.05, 4.69) is 5.32 Å². The summed E-state index contributed by atoms with van der Waals surface area (Å²) in [6.45, 7) is 7.44. The molecule has 0 aromatic rings. The summed E-state index contributed by atoms with van der Waals surface area (Å²) in [5.74, 6) is 0.599. The van der Waals surface area contributed by atoms with Crippen LogP contribution in [0.1, 0.15) is 59.8 Å². The van der Waals surface area contributed by atoms with E-state index in [0.717, 1.165) is 32.1 Å². The molecular weight excluding hydrogens is 230 g/mol. The summed E-state index contributed by atoms with van der Waals surface area (Å²) in [5.41, 5.74) is -0.437. The molecule has 1 unspecified atom stereocenters.